The van der Waals surface area contributed by atoms with E-state index in [1.165, 1.54) is 0 Å². The van der Waals surface area contributed by atoms with Crippen LogP contribution in [0.2, 0.25) is 0 Å². The van der Waals surface area contributed by atoms with Crippen LogP contribution in [-0.2, 0) is 23.7 Å². The molecule has 16 nitrogen and oxygen atoms in total. The Hall–Kier alpha value is -0.640. The molecule has 0 bridgehead atoms. The lowest BCUT2D eigenvalue weighted by Crippen LogP contribution is -2.63. The largest absolute Gasteiger partial charge is 0.394 e. The molecule has 5 aliphatic rings. The first-order chi connectivity index (χ1) is 20.4. The summed E-state index contributed by atoms with van der Waals surface area (Å²) >= 11 is 0. The van der Waals surface area contributed by atoms with E-state index in [-0.39, 0.29) is 25.2 Å². The molecule has 19 unspecified atom stereocenters. The molecule has 2 aliphatic carbocycles. The molecular formula is C27H46O16. The number of hydrogen-bond donors (Lipinski definition) is 11. The molecule has 2 saturated carbocycles. The van der Waals surface area contributed by atoms with Crippen molar-refractivity contribution in [2.24, 2.45) is 11.8 Å². The number of aliphatic hydroxyl groups is 11. The van der Waals surface area contributed by atoms with E-state index in [0.29, 0.717) is 19.3 Å². The molecule has 0 amide bonds. The summed E-state index contributed by atoms with van der Waals surface area (Å²) in [4.78, 5) is 0. The van der Waals surface area contributed by atoms with E-state index in [4.69, 9.17) is 23.7 Å². The third-order valence-corrected chi connectivity index (χ3v) is 9.73. The SMILES string of the molecule is OCC1OC(OCC2OC(OC3CC4C(O)CC(O)CC4OC3C3CCC(O)C(O)C3)C(O)C(O)C2O)C(O)C(O)C1O. The average molecular weight is 627 g/mol. The Bertz CT molecular complexity index is 897. The van der Waals surface area contributed by atoms with Gasteiger partial charge >= 0.3 is 0 Å². The van der Waals surface area contributed by atoms with Crippen molar-refractivity contribution in [3.05, 3.63) is 0 Å². The first kappa shape index (κ1) is 33.7. The van der Waals surface area contributed by atoms with Crippen molar-refractivity contribution < 1.29 is 79.9 Å². The quantitative estimate of drug-likeness (QED) is 0.126. The van der Waals surface area contributed by atoms with Crippen molar-refractivity contribution in [3.63, 3.8) is 0 Å². The maximum absolute atomic E-state index is 10.8. The van der Waals surface area contributed by atoms with E-state index < -0.39 is 123 Å². The fourth-order valence-electron chi connectivity index (χ4n) is 7.14. The molecule has 3 aliphatic heterocycles. The standard InChI is InChI=1S/C27H46O16/c28-7-17-19(33)21(35)23(37)26(42-17)39-8-18-20(34)22(36)24(38)27(43-18)41-16-6-11-13(31)4-10(29)5-15(11)40-25(16)9-1-2-12(30)14(32)3-9/h9-38H,1-8H2. The summed E-state index contributed by atoms with van der Waals surface area (Å²) in [7, 11) is 0. The predicted octanol–water partition coefficient (Wildman–Crippen LogP) is -5.19. The second-order valence-corrected chi connectivity index (χ2v) is 12.7. The van der Waals surface area contributed by atoms with E-state index in [9.17, 15) is 56.2 Å². The third kappa shape index (κ3) is 7.05. The van der Waals surface area contributed by atoms with Crippen molar-refractivity contribution in [2.45, 2.75) is 143 Å². The van der Waals surface area contributed by atoms with Gasteiger partial charge in [-0.1, -0.05) is 0 Å². The summed E-state index contributed by atoms with van der Waals surface area (Å²) in [6.45, 7) is -1.20. The van der Waals surface area contributed by atoms with Crippen molar-refractivity contribution >= 4 is 0 Å². The van der Waals surface area contributed by atoms with E-state index >= 15 is 0 Å². The Morgan fingerprint density at radius 3 is 1.91 bits per heavy atom. The van der Waals surface area contributed by atoms with Gasteiger partial charge in [-0.25, -0.2) is 0 Å². The maximum Gasteiger partial charge on any atom is 0.187 e. The molecule has 5 fully saturated rings. The van der Waals surface area contributed by atoms with Gasteiger partial charge in [-0.3, -0.25) is 0 Å². The van der Waals surface area contributed by atoms with E-state index in [0.717, 1.165) is 0 Å². The molecule has 5 rings (SSSR count). The second-order valence-electron chi connectivity index (χ2n) is 12.7. The summed E-state index contributed by atoms with van der Waals surface area (Å²) in [5.74, 6) is -0.688. The highest BCUT2D eigenvalue weighted by Gasteiger charge is 2.52. The number of fused-ring (bicyclic) bond motifs is 1. The lowest BCUT2D eigenvalue weighted by Gasteiger charge is -2.51. The molecule has 3 saturated heterocycles. The molecule has 0 aromatic rings. The average Bonchev–Trinajstić information content (AvgIpc) is 2.97. The Morgan fingerprint density at radius 2 is 1.23 bits per heavy atom. The molecule has 0 aromatic heterocycles. The van der Waals surface area contributed by atoms with Crippen LogP contribution in [0, 0.1) is 11.8 Å². The normalized spacial score (nSPS) is 54.6. The minimum atomic E-state index is -1.75. The first-order valence-corrected chi connectivity index (χ1v) is 15.0. The number of rotatable bonds is 7. The van der Waals surface area contributed by atoms with Crippen LogP contribution in [0.1, 0.15) is 38.5 Å². The lowest BCUT2D eigenvalue weighted by molar-refractivity contribution is -0.347. The highest BCUT2D eigenvalue weighted by atomic mass is 16.7. The maximum atomic E-state index is 10.8. The van der Waals surface area contributed by atoms with Gasteiger partial charge in [0.25, 0.3) is 0 Å². The minimum Gasteiger partial charge on any atom is -0.394 e. The smallest absolute Gasteiger partial charge is 0.187 e. The summed E-state index contributed by atoms with van der Waals surface area (Å²) in [6, 6.07) is 0. The van der Waals surface area contributed by atoms with Crippen LogP contribution in [0.5, 0.6) is 0 Å². The lowest BCUT2D eigenvalue weighted by atomic mass is 9.72. The molecule has 16 heteroatoms. The fraction of sp³-hybridized carbons (Fsp3) is 1.00. The van der Waals surface area contributed by atoms with Crippen LogP contribution in [-0.4, -0.2) is 174 Å². The van der Waals surface area contributed by atoms with Crippen LogP contribution in [0.3, 0.4) is 0 Å². The highest BCUT2D eigenvalue weighted by molar-refractivity contribution is 4.99. The Kier molecular flexibility index (Phi) is 11.0. The molecule has 0 aromatic carbocycles. The first-order valence-electron chi connectivity index (χ1n) is 15.0. The van der Waals surface area contributed by atoms with E-state index in [2.05, 4.69) is 0 Å². The van der Waals surface area contributed by atoms with Crippen LogP contribution >= 0.6 is 0 Å². The zero-order valence-corrected chi connectivity index (χ0v) is 23.6. The van der Waals surface area contributed by atoms with Crippen molar-refractivity contribution in [1.82, 2.24) is 0 Å². The van der Waals surface area contributed by atoms with Gasteiger partial charge in [-0.05, 0) is 44.4 Å². The van der Waals surface area contributed by atoms with E-state index in [1.807, 2.05) is 0 Å². The van der Waals surface area contributed by atoms with Gasteiger partial charge < -0.3 is 79.9 Å². The van der Waals surface area contributed by atoms with Gasteiger partial charge in [0.15, 0.2) is 12.6 Å². The molecular weight excluding hydrogens is 580 g/mol. The van der Waals surface area contributed by atoms with Crippen molar-refractivity contribution in [2.75, 3.05) is 13.2 Å². The summed E-state index contributed by atoms with van der Waals surface area (Å²) < 4.78 is 29.2. The van der Waals surface area contributed by atoms with Crippen LogP contribution < -0.4 is 0 Å². The zero-order valence-electron chi connectivity index (χ0n) is 23.6. The topological polar surface area (TPSA) is 269 Å². The second kappa shape index (κ2) is 14.0. The molecule has 43 heavy (non-hydrogen) atoms. The molecule has 19 atom stereocenters. The van der Waals surface area contributed by atoms with Crippen molar-refractivity contribution in [1.29, 1.82) is 0 Å². The summed E-state index contributed by atoms with van der Waals surface area (Å²) in [6.07, 6.45) is -19.5. The van der Waals surface area contributed by atoms with E-state index in [1.54, 1.807) is 0 Å². The molecule has 0 radical (unpaired) electrons. The van der Waals surface area contributed by atoms with Gasteiger partial charge in [0.05, 0.1) is 55.9 Å². The Labute approximate surface area is 248 Å². The van der Waals surface area contributed by atoms with Gasteiger partial charge in [-0.2, -0.15) is 0 Å². The minimum absolute atomic E-state index is 0.154. The van der Waals surface area contributed by atoms with Crippen molar-refractivity contribution in [3.8, 4) is 0 Å². The number of hydrogen-bond acceptors (Lipinski definition) is 16. The van der Waals surface area contributed by atoms with Gasteiger partial charge in [-0.15, -0.1) is 0 Å². The van der Waals surface area contributed by atoms with Gasteiger partial charge in [0.2, 0.25) is 0 Å². The van der Waals surface area contributed by atoms with Crippen LogP contribution in [0.4, 0.5) is 0 Å². The Balaban J connectivity index is 1.29. The fourth-order valence-corrected chi connectivity index (χ4v) is 7.14. The predicted molar refractivity (Wildman–Crippen MR) is 139 cm³/mol. The highest BCUT2D eigenvalue weighted by Crippen LogP contribution is 2.43. The van der Waals surface area contributed by atoms with Gasteiger partial charge in [0, 0.05) is 5.92 Å². The molecule has 11 N–H and O–H groups in total. The third-order valence-electron chi connectivity index (χ3n) is 9.73. The molecule has 250 valence electrons. The zero-order chi connectivity index (χ0) is 31.2. The Morgan fingerprint density at radius 1 is 0.581 bits per heavy atom. The molecule has 0 spiro atoms. The monoisotopic (exact) mass is 626 g/mol. The molecule has 3 heterocycles. The summed E-state index contributed by atoms with van der Waals surface area (Å²) in [5.41, 5.74) is 0. The summed E-state index contributed by atoms with van der Waals surface area (Å²) in [5, 5.41) is 113. The van der Waals surface area contributed by atoms with Crippen LogP contribution in [0.25, 0.3) is 0 Å². The van der Waals surface area contributed by atoms with Crippen LogP contribution in [0.15, 0.2) is 0 Å². The number of ether oxygens (including phenoxy) is 5. The number of aliphatic hydroxyl groups excluding tert-OH is 11. The van der Waals surface area contributed by atoms with Gasteiger partial charge in [0.1, 0.15) is 48.8 Å².